The van der Waals surface area contributed by atoms with Gasteiger partial charge in [0.05, 0.1) is 17.8 Å². The molecule has 0 aliphatic carbocycles. The minimum atomic E-state index is -0.706. The second-order valence-electron chi connectivity index (χ2n) is 4.94. The van der Waals surface area contributed by atoms with Gasteiger partial charge in [0, 0.05) is 39.9 Å². The largest absolute Gasteiger partial charge is 0.481 e. The van der Waals surface area contributed by atoms with E-state index in [1.807, 2.05) is 20.8 Å². The van der Waals surface area contributed by atoms with Crippen LogP contribution in [0.5, 0.6) is 0 Å². The fourth-order valence-corrected chi connectivity index (χ4v) is 0.524. The van der Waals surface area contributed by atoms with Crippen molar-refractivity contribution in [3.05, 3.63) is 0 Å². The van der Waals surface area contributed by atoms with Crippen LogP contribution in [0.1, 0.15) is 60.8 Å². The molecule has 0 spiro atoms. The van der Waals surface area contributed by atoms with Crippen LogP contribution in [0.4, 0.5) is 0 Å². The van der Waals surface area contributed by atoms with Gasteiger partial charge in [0.2, 0.25) is 0 Å². The van der Waals surface area contributed by atoms with Crippen LogP contribution < -0.4 is 0 Å². The third-order valence-electron chi connectivity index (χ3n) is 3.10. The summed E-state index contributed by atoms with van der Waals surface area (Å²) in [6.07, 6.45) is 2.15. The second kappa shape index (κ2) is 18.8. The number of hydrogen-bond donors (Lipinski definition) is 3. The van der Waals surface area contributed by atoms with E-state index in [-0.39, 0.29) is 57.7 Å². The molecule has 0 radical (unpaired) electrons. The molecule has 0 aliphatic heterocycles. The van der Waals surface area contributed by atoms with Gasteiger partial charge in [-0.2, -0.15) is 0 Å². The van der Waals surface area contributed by atoms with E-state index < -0.39 is 17.9 Å². The number of aliphatic carboxylic acids is 3. The standard InChI is InChI=1S/3C5H10O2.Gd/c3*1-3-4(2)5(6)7;/h3*4H,3H2,1-2H3,(H,6,7);. The van der Waals surface area contributed by atoms with E-state index in [4.69, 9.17) is 15.3 Å². The molecule has 0 saturated heterocycles. The summed E-state index contributed by atoms with van der Waals surface area (Å²) in [5.74, 6) is -2.66. The molecular weight excluding hydrogens is 433 g/mol. The first kappa shape index (κ1) is 29.7. The van der Waals surface area contributed by atoms with Gasteiger partial charge in [-0.3, -0.25) is 14.4 Å². The van der Waals surface area contributed by atoms with E-state index in [1.165, 1.54) is 0 Å². The molecule has 0 fully saturated rings. The van der Waals surface area contributed by atoms with Gasteiger partial charge in [-0.1, -0.05) is 41.5 Å². The Kier molecular flexibility index (Phi) is 25.4. The molecule has 0 aromatic carbocycles. The van der Waals surface area contributed by atoms with Crippen LogP contribution >= 0.6 is 0 Å². The van der Waals surface area contributed by atoms with Gasteiger partial charge in [0.15, 0.2) is 0 Å². The quantitative estimate of drug-likeness (QED) is 0.557. The zero-order valence-electron chi connectivity index (χ0n) is 14.3. The van der Waals surface area contributed by atoms with Crippen molar-refractivity contribution < 1.29 is 69.6 Å². The van der Waals surface area contributed by atoms with E-state index in [9.17, 15) is 14.4 Å². The summed E-state index contributed by atoms with van der Waals surface area (Å²) in [5, 5.41) is 24.5. The van der Waals surface area contributed by atoms with Gasteiger partial charge >= 0.3 is 17.9 Å². The molecule has 0 aromatic rings. The molecule has 0 saturated carbocycles. The zero-order valence-corrected chi connectivity index (χ0v) is 16.5. The maximum absolute atomic E-state index is 9.93. The molecule has 6 nitrogen and oxygen atoms in total. The molecule has 3 N–H and O–H groups in total. The SMILES string of the molecule is CCC(C)C(=O)O.CCC(C)C(=O)O.CCC(C)C(=O)O.[Gd]. The number of rotatable bonds is 6. The zero-order chi connectivity index (χ0) is 17.6. The summed E-state index contributed by atoms with van der Waals surface area (Å²) < 4.78 is 0. The first-order chi connectivity index (χ1) is 9.54. The molecule has 0 aliphatic rings. The summed E-state index contributed by atoms with van der Waals surface area (Å²) in [6, 6.07) is 0. The van der Waals surface area contributed by atoms with E-state index in [0.29, 0.717) is 0 Å². The van der Waals surface area contributed by atoms with Crippen molar-refractivity contribution in [1.82, 2.24) is 0 Å². The minimum absolute atomic E-state index is 0. The van der Waals surface area contributed by atoms with Gasteiger partial charge in [0.25, 0.3) is 0 Å². The maximum atomic E-state index is 9.93. The van der Waals surface area contributed by atoms with E-state index in [1.54, 1.807) is 20.8 Å². The third-order valence-corrected chi connectivity index (χ3v) is 3.10. The average molecular weight is 464 g/mol. The number of carbonyl (C=O) groups is 3. The normalized spacial score (nSPS) is 12.8. The molecule has 0 amide bonds. The third kappa shape index (κ3) is 22.0. The fourth-order valence-electron chi connectivity index (χ4n) is 0.524. The second-order valence-corrected chi connectivity index (χ2v) is 4.94. The van der Waals surface area contributed by atoms with Crippen molar-refractivity contribution in [3.63, 3.8) is 0 Å². The molecule has 22 heavy (non-hydrogen) atoms. The first-order valence-corrected chi connectivity index (χ1v) is 7.23. The van der Waals surface area contributed by atoms with Gasteiger partial charge in [-0.05, 0) is 19.3 Å². The summed E-state index contributed by atoms with van der Waals surface area (Å²) in [5.41, 5.74) is 0. The van der Waals surface area contributed by atoms with E-state index >= 15 is 0 Å². The first-order valence-electron chi connectivity index (χ1n) is 7.23. The van der Waals surface area contributed by atoms with Gasteiger partial charge < -0.3 is 15.3 Å². The Hall–Kier alpha value is -0.265. The van der Waals surface area contributed by atoms with Crippen molar-refractivity contribution in [2.75, 3.05) is 0 Å². The topological polar surface area (TPSA) is 112 Å². The van der Waals surface area contributed by atoms with Crippen LogP contribution in [0.2, 0.25) is 0 Å². The van der Waals surface area contributed by atoms with Crippen LogP contribution in [0.15, 0.2) is 0 Å². The summed E-state index contributed by atoms with van der Waals surface area (Å²) in [6.45, 7) is 10.7. The molecule has 7 heteroatoms. The monoisotopic (exact) mass is 464 g/mol. The Bertz CT molecular complexity index is 259. The van der Waals surface area contributed by atoms with Crippen LogP contribution in [0.3, 0.4) is 0 Å². The molecule has 0 aromatic heterocycles. The van der Waals surface area contributed by atoms with E-state index in [2.05, 4.69) is 0 Å². The van der Waals surface area contributed by atoms with Crippen molar-refractivity contribution >= 4 is 17.9 Å². The summed E-state index contributed by atoms with van der Waals surface area (Å²) in [4.78, 5) is 29.8. The molecule has 0 rings (SSSR count). The van der Waals surface area contributed by atoms with Crippen molar-refractivity contribution in [1.29, 1.82) is 0 Å². The van der Waals surface area contributed by atoms with Crippen molar-refractivity contribution in [2.24, 2.45) is 17.8 Å². The molecule has 134 valence electrons. The Morgan fingerprint density at radius 3 is 0.773 bits per heavy atom. The number of carboxylic acid groups (broad SMARTS) is 3. The number of carboxylic acids is 3. The van der Waals surface area contributed by atoms with Gasteiger partial charge in [0.1, 0.15) is 0 Å². The predicted octanol–water partition coefficient (Wildman–Crippen LogP) is 3.35. The van der Waals surface area contributed by atoms with Crippen LogP contribution in [0, 0.1) is 57.7 Å². The van der Waals surface area contributed by atoms with Crippen LogP contribution in [-0.4, -0.2) is 33.2 Å². The van der Waals surface area contributed by atoms with E-state index in [0.717, 1.165) is 19.3 Å². The Balaban J connectivity index is -0.000000108. The van der Waals surface area contributed by atoms with Crippen molar-refractivity contribution in [3.8, 4) is 0 Å². The molecule has 3 unspecified atom stereocenters. The Morgan fingerprint density at radius 2 is 0.773 bits per heavy atom. The predicted molar refractivity (Wildman–Crippen MR) is 81.3 cm³/mol. The number of hydrogen-bond acceptors (Lipinski definition) is 3. The van der Waals surface area contributed by atoms with Crippen LogP contribution in [-0.2, 0) is 14.4 Å². The summed E-state index contributed by atoms with van der Waals surface area (Å²) >= 11 is 0. The minimum Gasteiger partial charge on any atom is -0.481 e. The molecule has 3 atom stereocenters. The molecule has 0 heterocycles. The molecular formula is C15H30GdO6. The Morgan fingerprint density at radius 1 is 0.636 bits per heavy atom. The smallest absolute Gasteiger partial charge is 0.306 e. The maximum Gasteiger partial charge on any atom is 0.306 e. The van der Waals surface area contributed by atoms with Gasteiger partial charge in [-0.15, -0.1) is 0 Å². The molecule has 0 bridgehead atoms. The summed E-state index contributed by atoms with van der Waals surface area (Å²) in [7, 11) is 0. The van der Waals surface area contributed by atoms with Crippen molar-refractivity contribution in [2.45, 2.75) is 60.8 Å². The average Bonchev–Trinajstić information content (AvgIpc) is 2.45. The fraction of sp³-hybridized carbons (Fsp3) is 0.800. The van der Waals surface area contributed by atoms with Crippen LogP contribution in [0.25, 0.3) is 0 Å². The van der Waals surface area contributed by atoms with Gasteiger partial charge in [-0.25, -0.2) is 0 Å². The Labute approximate surface area is 165 Å².